The molecule has 1 aliphatic rings. The van der Waals surface area contributed by atoms with Gasteiger partial charge in [-0.05, 0) is 54.9 Å². The van der Waals surface area contributed by atoms with Crippen LogP contribution in [0.1, 0.15) is 11.1 Å². The summed E-state index contributed by atoms with van der Waals surface area (Å²) in [6.45, 7) is 3.88. The minimum absolute atomic E-state index is 0.231. The van der Waals surface area contributed by atoms with E-state index >= 15 is 0 Å². The third-order valence-corrected chi connectivity index (χ3v) is 4.46. The average Bonchev–Trinajstić information content (AvgIpc) is 2.74. The van der Waals surface area contributed by atoms with Crippen molar-refractivity contribution in [3.63, 3.8) is 0 Å². The molecule has 0 saturated carbocycles. The Morgan fingerprint density at radius 3 is 2.55 bits per heavy atom. The lowest BCUT2D eigenvalue weighted by atomic mass is 10.2. The predicted octanol–water partition coefficient (Wildman–Crippen LogP) is 3.94. The molecule has 1 fully saturated rings. The first-order valence-corrected chi connectivity index (χ1v) is 7.87. The summed E-state index contributed by atoms with van der Waals surface area (Å²) >= 11 is 1.01. The maximum Gasteiger partial charge on any atom is 0.295 e. The van der Waals surface area contributed by atoms with Gasteiger partial charge in [0.05, 0.1) is 5.69 Å². The van der Waals surface area contributed by atoms with E-state index in [2.05, 4.69) is 5.32 Å². The molecular formula is C17H16N2O2S. The molecule has 2 amide bonds. The molecule has 112 valence electrons. The number of amides is 2. The quantitative estimate of drug-likeness (QED) is 0.932. The van der Waals surface area contributed by atoms with Gasteiger partial charge in [0.15, 0.2) is 5.37 Å². The molecule has 2 aromatic rings. The molecule has 2 aromatic carbocycles. The van der Waals surface area contributed by atoms with E-state index in [1.807, 2.05) is 56.3 Å². The van der Waals surface area contributed by atoms with Crippen LogP contribution in [0.4, 0.5) is 16.2 Å². The number of imide groups is 1. The predicted molar refractivity (Wildman–Crippen MR) is 90.2 cm³/mol. The van der Waals surface area contributed by atoms with Crippen molar-refractivity contribution in [2.24, 2.45) is 0 Å². The Kier molecular flexibility index (Phi) is 3.90. The summed E-state index contributed by atoms with van der Waals surface area (Å²) in [7, 11) is 0. The molecule has 5 heteroatoms. The number of nitrogens with one attached hydrogen (secondary N) is 1. The van der Waals surface area contributed by atoms with E-state index in [0.29, 0.717) is 5.69 Å². The Labute approximate surface area is 133 Å². The van der Waals surface area contributed by atoms with Gasteiger partial charge in [0.2, 0.25) is 0 Å². The molecule has 1 saturated heterocycles. The monoisotopic (exact) mass is 312 g/mol. The number of nitrogens with zero attached hydrogens (tertiary/aromatic N) is 1. The van der Waals surface area contributed by atoms with Crippen molar-refractivity contribution in [1.82, 2.24) is 0 Å². The Hall–Kier alpha value is -2.27. The SMILES string of the molecule is Cc1cccc(N[C@@H]2SC(=O)N(c3ccccc3C)C2=O)c1. The van der Waals surface area contributed by atoms with Crippen LogP contribution < -0.4 is 10.2 Å². The number of aryl methyl sites for hydroxylation is 2. The van der Waals surface area contributed by atoms with Gasteiger partial charge in [0.1, 0.15) is 0 Å². The van der Waals surface area contributed by atoms with E-state index in [-0.39, 0.29) is 11.1 Å². The highest BCUT2D eigenvalue weighted by atomic mass is 32.2. The molecule has 0 bridgehead atoms. The van der Waals surface area contributed by atoms with Crippen LogP contribution in [0, 0.1) is 13.8 Å². The van der Waals surface area contributed by atoms with E-state index in [9.17, 15) is 9.59 Å². The van der Waals surface area contributed by atoms with Gasteiger partial charge in [-0.25, -0.2) is 4.90 Å². The van der Waals surface area contributed by atoms with Crippen LogP contribution >= 0.6 is 11.8 Å². The van der Waals surface area contributed by atoms with E-state index in [1.54, 1.807) is 6.07 Å². The van der Waals surface area contributed by atoms with Crippen LogP contribution in [0.2, 0.25) is 0 Å². The highest BCUT2D eigenvalue weighted by molar-refractivity contribution is 8.16. The molecule has 22 heavy (non-hydrogen) atoms. The van der Waals surface area contributed by atoms with Crippen LogP contribution in [0.25, 0.3) is 0 Å². The number of carbonyl (C=O) groups is 2. The number of para-hydroxylation sites is 1. The zero-order valence-corrected chi connectivity index (χ0v) is 13.2. The van der Waals surface area contributed by atoms with Crippen molar-refractivity contribution in [2.75, 3.05) is 10.2 Å². The molecular weight excluding hydrogens is 296 g/mol. The first-order chi connectivity index (χ1) is 10.6. The van der Waals surface area contributed by atoms with Crippen molar-refractivity contribution in [2.45, 2.75) is 19.2 Å². The lowest BCUT2D eigenvalue weighted by molar-refractivity contribution is -0.116. The fraction of sp³-hybridized carbons (Fsp3) is 0.176. The number of benzene rings is 2. The smallest absolute Gasteiger partial charge is 0.295 e. The molecule has 1 N–H and O–H groups in total. The fourth-order valence-corrected chi connectivity index (χ4v) is 3.32. The van der Waals surface area contributed by atoms with Gasteiger partial charge in [-0.15, -0.1) is 0 Å². The highest BCUT2D eigenvalue weighted by Crippen LogP contribution is 2.33. The van der Waals surface area contributed by atoms with Crippen LogP contribution in [-0.2, 0) is 4.79 Å². The third-order valence-electron chi connectivity index (χ3n) is 3.52. The summed E-state index contributed by atoms with van der Waals surface area (Å²) in [5.41, 5.74) is 3.49. The number of carbonyl (C=O) groups excluding carboxylic acids is 2. The summed E-state index contributed by atoms with van der Waals surface area (Å²) in [6, 6.07) is 15.1. The molecule has 1 heterocycles. The summed E-state index contributed by atoms with van der Waals surface area (Å²) in [5, 5.41) is 2.30. The second-order valence-electron chi connectivity index (χ2n) is 5.24. The number of anilines is 2. The molecule has 0 radical (unpaired) electrons. The molecule has 0 unspecified atom stereocenters. The Morgan fingerprint density at radius 1 is 1.05 bits per heavy atom. The summed E-state index contributed by atoms with van der Waals surface area (Å²) in [6.07, 6.45) is 0. The Bertz CT molecular complexity index is 745. The van der Waals surface area contributed by atoms with Gasteiger partial charge in [-0.3, -0.25) is 9.59 Å². The van der Waals surface area contributed by atoms with E-state index in [4.69, 9.17) is 0 Å². The van der Waals surface area contributed by atoms with E-state index in [0.717, 1.165) is 28.6 Å². The molecule has 4 nitrogen and oxygen atoms in total. The lowest BCUT2D eigenvalue weighted by Crippen LogP contribution is -2.34. The zero-order valence-electron chi connectivity index (χ0n) is 12.4. The molecule has 1 aliphatic heterocycles. The molecule has 1 atom stereocenters. The summed E-state index contributed by atoms with van der Waals surface area (Å²) in [5.74, 6) is -0.231. The highest BCUT2D eigenvalue weighted by Gasteiger charge is 2.41. The lowest BCUT2D eigenvalue weighted by Gasteiger charge is -2.17. The van der Waals surface area contributed by atoms with Crippen molar-refractivity contribution in [3.05, 3.63) is 59.7 Å². The Morgan fingerprint density at radius 2 is 1.82 bits per heavy atom. The average molecular weight is 312 g/mol. The van der Waals surface area contributed by atoms with Crippen molar-refractivity contribution < 1.29 is 9.59 Å². The van der Waals surface area contributed by atoms with Crippen molar-refractivity contribution in [1.29, 1.82) is 0 Å². The topological polar surface area (TPSA) is 49.4 Å². The molecule has 0 aliphatic carbocycles. The van der Waals surface area contributed by atoms with Gasteiger partial charge >= 0.3 is 0 Å². The van der Waals surface area contributed by atoms with Gasteiger partial charge in [0, 0.05) is 5.69 Å². The third kappa shape index (κ3) is 2.72. The number of hydrogen-bond acceptors (Lipinski definition) is 4. The van der Waals surface area contributed by atoms with Gasteiger partial charge in [0.25, 0.3) is 11.1 Å². The number of rotatable bonds is 3. The van der Waals surface area contributed by atoms with Gasteiger partial charge in [-0.1, -0.05) is 30.3 Å². The molecule has 0 spiro atoms. The summed E-state index contributed by atoms with van der Waals surface area (Å²) < 4.78 is 0. The number of thioether (sulfide) groups is 1. The van der Waals surface area contributed by atoms with Gasteiger partial charge in [-0.2, -0.15) is 0 Å². The Balaban J connectivity index is 1.84. The van der Waals surface area contributed by atoms with Crippen LogP contribution in [-0.4, -0.2) is 16.5 Å². The largest absolute Gasteiger partial charge is 0.365 e. The van der Waals surface area contributed by atoms with Crippen LogP contribution in [0.15, 0.2) is 48.5 Å². The fourth-order valence-electron chi connectivity index (χ4n) is 2.42. The first-order valence-electron chi connectivity index (χ1n) is 6.99. The van der Waals surface area contributed by atoms with Gasteiger partial charge < -0.3 is 5.32 Å². The zero-order chi connectivity index (χ0) is 15.7. The second-order valence-corrected chi connectivity index (χ2v) is 6.29. The number of hydrogen-bond donors (Lipinski definition) is 1. The maximum atomic E-state index is 12.6. The molecule has 3 rings (SSSR count). The minimum Gasteiger partial charge on any atom is -0.365 e. The maximum absolute atomic E-state index is 12.6. The first kappa shape index (κ1) is 14.7. The minimum atomic E-state index is -0.589. The second kappa shape index (κ2) is 5.85. The van der Waals surface area contributed by atoms with Crippen LogP contribution in [0.3, 0.4) is 0 Å². The normalized spacial score (nSPS) is 17.9. The summed E-state index contributed by atoms with van der Waals surface area (Å²) in [4.78, 5) is 26.1. The van der Waals surface area contributed by atoms with Crippen molar-refractivity contribution in [3.8, 4) is 0 Å². The van der Waals surface area contributed by atoms with Crippen LogP contribution in [0.5, 0.6) is 0 Å². The van der Waals surface area contributed by atoms with Crippen molar-refractivity contribution >= 4 is 34.3 Å². The standard InChI is InChI=1S/C17H16N2O2S/c1-11-6-5-8-13(10-11)18-15-16(20)19(17(21)22-15)14-9-4-3-7-12(14)2/h3-10,15,18H,1-2H3/t15-/m1/s1. The van der Waals surface area contributed by atoms with E-state index in [1.165, 1.54) is 4.90 Å². The molecule has 0 aromatic heterocycles. The van der Waals surface area contributed by atoms with E-state index < -0.39 is 5.37 Å².